The second-order valence-electron chi connectivity index (χ2n) is 10.4. The van der Waals surface area contributed by atoms with Gasteiger partial charge >= 0.3 is 12.4 Å². The van der Waals surface area contributed by atoms with Gasteiger partial charge in [0.05, 0.1) is 16.5 Å². The van der Waals surface area contributed by atoms with Gasteiger partial charge in [0, 0.05) is 26.9 Å². The van der Waals surface area contributed by atoms with Gasteiger partial charge in [-0.05, 0) is 62.7 Å². The second-order valence-corrected chi connectivity index (χ2v) is 10.4. The first-order chi connectivity index (χ1) is 21.0. The predicted molar refractivity (Wildman–Crippen MR) is 157 cm³/mol. The maximum absolute atomic E-state index is 14.0. The van der Waals surface area contributed by atoms with Crippen LogP contribution in [0.1, 0.15) is 11.1 Å². The molecule has 3 nitrogen and oxygen atoms in total. The van der Waals surface area contributed by atoms with E-state index in [9.17, 15) is 36.4 Å². The van der Waals surface area contributed by atoms with E-state index in [1.54, 1.807) is 36.5 Å². The molecule has 0 saturated carbocycles. The Hall–Kier alpha value is -5.49. The van der Waals surface area contributed by atoms with Crippen molar-refractivity contribution in [2.45, 2.75) is 12.4 Å². The summed E-state index contributed by atoms with van der Waals surface area (Å²) in [4.78, 5) is 18.0. The maximum atomic E-state index is 14.0. The van der Waals surface area contributed by atoms with Crippen LogP contribution in [0.15, 0.2) is 107 Å². The van der Waals surface area contributed by atoms with Gasteiger partial charge in [-0.25, -0.2) is 0 Å². The molecule has 9 heteroatoms. The number of halogens is 6. The van der Waals surface area contributed by atoms with Crippen LogP contribution in [0, 0.1) is 11.5 Å². The van der Waals surface area contributed by atoms with Gasteiger partial charge in [0.1, 0.15) is 0 Å². The Bertz CT molecular complexity index is 2460. The summed E-state index contributed by atoms with van der Waals surface area (Å²) in [7, 11) is 0. The quantitative estimate of drug-likeness (QED) is 0.148. The van der Waals surface area contributed by atoms with Crippen LogP contribution < -0.4 is 10.8 Å². The SMILES string of the molecule is N#CN=c1c2cc(-c3ccccc3C(F)(F)F)ccc2c2c1ccc1c3ccc(-c4ccccc4C(F)(F)F)cc3c(=O)c12. The Balaban J connectivity index is 1.53. The molecule has 0 unspecified atom stereocenters. The molecule has 0 atom stereocenters. The lowest BCUT2D eigenvalue weighted by molar-refractivity contribution is -0.137. The number of alkyl halides is 6. The van der Waals surface area contributed by atoms with Crippen LogP contribution in [0.5, 0.6) is 0 Å². The van der Waals surface area contributed by atoms with E-state index in [0.717, 1.165) is 12.1 Å². The Morgan fingerprint density at radius 2 is 1.02 bits per heavy atom. The first-order valence-corrected chi connectivity index (χ1v) is 13.3. The van der Waals surface area contributed by atoms with E-state index in [2.05, 4.69) is 4.99 Å². The molecule has 0 aliphatic heterocycles. The van der Waals surface area contributed by atoms with E-state index >= 15 is 0 Å². The molecule has 0 saturated heterocycles. The zero-order valence-corrected chi connectivity index (χ0v) is 22.3. The summed E-state index contributed by atoms with van der Waals surface area (Å²) in [5, 5.41) is 13.2. The summed E-state index contributed by atoms with van der Waals surface area (Å²) in [6, 6.07) is 23.0. The van der Waals surface area contributed by atoms with E-state index < -0.39 is 28.9 Å². The van der Waals surface area contributed by atoms with Crippen LogP contribution >= 0.6 is 0 Å². The maximum Gasteiger partial charge on any atom is 0.417 e. The van der Waals surface area contributed by atoms with Gasteiger partial charge in [-0.2, -0.15) is 36.6 Å². The first kappa shape index (κ1) is 27.3. The third-order valence-corrected chi connectivity index (χ3v) is 8.03. The average Bonchev–Trinajstić information content (AvgIpc) is 3.47. The van der Waals surface area contributed by atoms with Crippen molar-refractivity contribution in [2.24, 2.45) is 4.99 Å². The lowest BCUT2D eigenvalue weighted by Crippen LogP contribution is -2.07. The lowest BCUT2D eigenvalue weighted by Gasteiger charge is -2.13. The lowest BCUT2D eigenvalue weighted by atomic mass is 9.97. The topological polar surface area (TPSA) is 53.2 Å². The van der Waals surface area contributed by atoms with Crippen LogP contribution in [0.4, 0.5) is 26.3 Å². The number of nitriles is 1. The molecule has 7 aromatic rings. The van der Waals surface area contributed by atoms with Crippen molar-refractivity contribution >= 4 is 43.1 Å². The number of rotatable bonds is 2. The monoisotopic (exact) mass is 594 g/mol. The largest absolute Gasteiger partial charge is 0.417 e. The van der Waals surface area contributed by atoms with E-state index in [4.69, 9.17) is 0 Å². The van der Waals surface area contributed by atoms with Crippen LogP contribution in [0.25, 0.3) is 65.3 Å². The highest BCUT2D eigenvalue weighted by Crippen LogP contribution is 2.41. The standard InChI is InChI=1S/C35H16F6N2O/c36-34(37,38)28-7-3-1-5-20(28)18-10-12-24-26(15-18)32(43-17-42)25-14-13-23-22-11-9-19(16-27(22)33(44)31(23)30(24)25)21-6-2-4-8-29(21)35(39,40)41/h1-16H. The van der Waals surface area contributed by atoms with Crippen molar-refractivity contribution in [3.05, 3.63) is 124 Å². The fraction of sp³-hybridized carbons (Fsp3) is 0.0571. The zero-order valence-electron chi connectivity index (χ0n) is 22.3. The molecule has 0 aliphatic carbocycles. The minimum atomic E-state index is -4.60. The molecular formula is C35H16F6N2O. The smallest absolute Gasteiger partial charge is 0.289 e. The van der Waals surface area contributed by atoms with Gasteiger partial charge in [-0.3, -0.25) is 4.79 Å². The van der Waals surface area contributed by atoms with E-state index in [-0.39, 0.29) is 33.0 Å². The highest BCUT2D eigenvalue weighted by molar-refractivity contribution is 6.28. The van der Waals surface area contributed by atoms with Crippen molar-refractivity contribution in [1.82, 2.24) is 0 Å². The third kappa shape index (κ3) is 4.06. The van der Waals surface area contributed by atoms with Gasteiger partial charge < -0.3 is 0 Å². The Morgan fingerprint density at radius 1 is 0.545 bits per heavy atom. The number of benzene rings is 5. The van der Waals surface area contributed by atoms with Crippen molar-refractivity contribution in [3.8, 4) is 28.4 Å². The van der Waals surface area contributed by atoms with E-state index in [1.807, 2.05) is 0 Å². The molecule has 0 bridgehead atoms. The minimum Gasteiger partial charge on any atom is -0.289 e. The molecule has 214 valence electrons. The van der Waals surface area contributed by atoms with Gasteiger partial charge in [0.2, 0.25) is 6.19 Å². The van der Waals surface area contributed by atoms with Gasteiger partial charge in [-0.1, -0.05) is 72.8 Å². The number of hydrogen-bond acceptors (Lipinski definition) is 3. The molecule has 0 N–H and O–H groups in total. The van der Waals surface area contributed by atoms with E-state index in [0.29, 0.717) is 37.7 Å². The van der Waals surface area contributed by atoms with Crippen molar-refractivity contribution < 1.29 is 26.3 Å². The molecule has 7 aromatic carbocycles. The molecule has 0 amide bonds. The molecule has 44 heavy (non-hydrogen) atoms. The molecule has 0 spiro atoms. The zero-order chi connectivity index (χ0) is 31.0. The fourth-order valence-electron chi connectivity index (χ4n) is 6.21. The number of hydrogen-bond donors (Lipinski definition) is 0. The van der Waals surface area contributed by atoms with Gasteiger partial charge in [0.25, 0.3) is 0 Å². The summed E-state index contributed by atoms with van der Waals surface area (Å²) in [5.41, 5.74) is -1.66. The summed E-state index contributed by atoms with van der Waals surface area (Å²) >= 11 is 0. The summed E-state index contributed by atoms with van der Waals surface area (Å²) in [6.45, 7) is 0. The molecule has 0 aliphatic rings. The van der Waals surface area contributed by atoms with Crippen LogP contribution in [-0.4, -0.2) is 0 Å². The van der Waals surface area contributed by atoms with E-state index in [1.165, 1.54) is 54.6 Å². The van der Waals surface area contributed by atoms with Gasteiger partial charge in [-0.15, -0.1) is 0 Å². The Labute approximate surface area is 244 Å². The highest BCUT2D eigenvalue weighted by Gasteiger charge is 2.34. The highest BCUT2D eigenvalue weighted by atomic mass is 19.4. The van der Waals surface area contributed by atoms with Crippen LogP contribution in [-0.2, 0) is 12.4 Å². The van der Waals surface area contributed by atoms with Crippen molar-refractivity contribution in [2.75, 3.05) is 0 Å². The predicted octanol–water partition coefficient (Wildman–Crippen LogP) is 9.29. The Kier molecular flexibility index (Phi) is 5.91. The van der Waals surface area contributed by atoms with Gasteiger partial charge in [0.15, 0.2) is 5.43 Å². The molecule has 0 radical (unpaired) electrons. The fourth-order valence-corrected chi connectivity index (χ4v) is 6.21. The molecule has 0 heterocycles. The summed E-state index contributed by atoms with van der Waals surface area (Å²) in [5.74, 6) is 0. The molecule has 7 rings (SSSR count). The summed E-state index contributed by atoms with van der Waals surface area (Å²) < 4.78 is 82.7. The normalized spacial score (nSPS) is 13.0. The van der Waals surface area contributed by atoms with Crippen LogP contribution in [0.2, 0.25) is 0 Å². The minimum absolute atomic E-state index is 0.0459. The molecular weight excluding hydrogens is 578 g/mol. The van der Waals surface area contributed by atoms with Crippen molar-refractivity contribution in [1.29, 1.82) is 5.26 Å². The molecule has 0 aromatic heterocycles. The summed E-state index contributed by atoms with van der Waals surface area (Å²) in [6.07, 6.45) is -7.43. The second kappa shape index (κ2) is 9.51. The first-order valence-electron chi connectivity index (χ1n) is 13.3. The average molecular weight is 595 g/mol. The number of fused-ring (bicyclic) bond motifs is 7. The molecule has 0 fully saturated rings. The number of nitrogens with zero attached hydrogens (tertiary/aromatic N) is 2. The van der Waals surface area contributed by atoms with Crippen LogP contribution in [0.3, 0.4) is 0 Å². The van der Waals surface area contributed by atoms with Crippen molar-refractivity contribution in [3.63, 3.8) is 0 Å². The third-order valence-electron chi connectivity index (χ3n) is 8.03. The Morgan fingerprint density at radius 3 is 1.59 bits per heavy atom.